The van der Waals surface area contributed by atoms with Gasteiger partial charge in [-0.15, -0.1) is 0 Å². The highest BCUT2D eigenvalue weighted by atomic mass is 16.5. The predicted octanol–water partition coefficient (Wildman–Crippen LogP) is 1.02. The lowest BCUT2D eigenvalue weighted by Gasteiger charge is -2.29. The van der Waals surface area contributed by atoms with Crippen LogP contribution in [0.3, 0.4) is 0 Å². The molecule has 0 radical (unpaired) electrons. The van der Waals surface area contributed by atoms with Crippen molar-refractivity contribution in [3.63, 3.8) is 0 Å². The van der Waals surface area contributed by atoms with Gasteiger partial charge in [-0.25, -0.2) is 0 Å². The van der Waals surface area contributed by atoms with E-state index >= 15 is 0 Å². The summed E-state index contributed by atoms with van der Waals surface area (Å²) in [6, 6.07) is 3.73. The fraction of sp³-hybridized carbons (Fsp3) is 0.583. The molecule has 1 aromatic rings. The molecule has 2 unspecified atom stereocenters. The van der Waals surface area contributed by atoms with Gasteiger partial charge in [0, 0.05) is 18.7 Å². The maximum atomic E-state index is 5.66. The first-order valence-corrected chi connectivity index (χ1v) is 5.89. The molecular formula is C12H19N3O2. The minimum absolute atomic E-state index is 0.0218. The van der Waals surface area contributed by atoms with Crippen molar-refractivity contribution in [1.82, 2.24) is 10.4 Å². The average molecular weight is 237 g/mol. The van der Waals surface area contributed by atoms with Crippen molar-refractivity contribution in [2.75, 3.05) is 20.3 Å². The van der Waals surface area contributed by atoms with E-state index in [0.717, 1.165) is 30.9 Å². The van der Waals surface area contributed by atoms with Crippen LogP contribution in [0.1, 0.15) is 24.6 Å². The number of hydrazine groups is 1. The van der Waals surface area contributed by atoms with Crippen molar-refractivity contribution in [2.45, 2.75) is 18.9 Å². The van der Waals surface area contributed by atoms with Crippen molar-refractivity contribution in [2.24, 2.45) is 11.8 Å². The van der Waals surface area contributed by atoms with Crippen LogP contribution in [0.15, 0.2) is 18.3 Å². The zero-order valence-electron chi connectivity index (χ0n) is 10.1. The molecule has 1 aliphatic heterocycles. The van der Waals surface area contributed by atoms with E-state index in [1.54, 1.807) is 13.3 Å². The van der Waals surface area contributed by atoms with Crippen LogP contribution in [0.5, 0.6) is 5.75 Å². The Morgan fingerprint density at radius 3 is 3.18 bits per heavy atom. The summed E-state index contributed by atoms with van der Waals surface area (Å²) in [6.07, 6.45) is 3.92. The SMILES string of the molecule is COc1cccnc1C(NN)C1CCCOC1. The van der Waals surface area contributed by atoms with Crippen LogP contribution in [0, 0.1) is 5.92 Å². The molecule has 0 saturated carbocycles. The molecule has 1 aromatic heterocycles. The van der Waals surface area contributed by atoms with E-state index in [1.807, 2.05) is 12.1 Å². The van der Waals surface area contributed by atoms with E-state index in [-0.39, 0.29) is 6.04 Å². The van der Waals surface area contributed by atoms with Crippen LogP contribution in [0.25, 0.3) is 0 Å². The topological polar surface area (TPSA) is 69.4 Å². The number of pyridine rings is 1. The van der Waals surface area contributed by atoms with E-state index in [4.69, 9.17) is 15.3 Å². The number of nitrogens with zero attached hydrogens (tertiary/aromatic N) is 1. The Hall–Kier alpha value is -1.17. The first-order valence-electron chi connectivity index (χ1n) is 5.89. The Kier molecular flexibility index (Phi) is 4.30. The minimum Gasteiger partial charge on any atom is -0.495 e. The van der Waals surface area contributed by atoms with Gasteiger partial charge in [0.1, 0.15) is 11.4 Å². The summed E-state index contributed by atoms with van der Waals surface area (Å²) in [6.45, 7) is 1.56. The molecule has 5 heteroatoms. The van der Waals surface area contributed by atoms with Crippen molar-refractivity contribution < 1.29 is 9.47 Å². The van der Waals surface area contributed by atoms with Gasteiger partial charge in [0.15, 0.2) is 0 Å². The molecule has 0 bridgehead atoms. The molecule has 3 N–H and O–H groups in total. The van der Waals surface area contributed by atoms with Gasteiger partial charge in [0.25, 0.3) is 0 Å². The Balaban J connectivity index is 2.21. The van der Waals surface area contributed by atoms with Gasteiger partial charge in [-0.05, 0) is 25.0 Å². The fourth-order valence-electron chi connectivity index (χ4n) is 2.28. The first-order chi connectivity index (χ1) is 8.36. The molecule has 0 aliphatic carbocycles. The highest BCUT2D eigenvalue weighted by molar-refractivity contribution is 5.30. The third-order valence-electron chi connectivity index (χ3n) is 3.16. The third kappa shape index (κ3) is 2.74. The highest BCUT2D eigenvalue weighted by Gasteiger charge is 2.27. The predicted molar refractivity (Wildman–Crippen MR) is 64.4 cm³/mol. The maximum absolute atomic E-state index is 5.66. The molecule has 0 amide bonds. The molecule has 2 heterocycles. The largest absolute Gasteiger partial charge is 0.495 e. The molecule has 0 spiro atoms. The van der Waals surface area contributed by atoms with E-state index in [1.165, 1.54) is 0 Å². The van der Waals surface area contributed by atoms with Gasteiger partial charge in [0.05, 0.1) is 19.8 Å². The lowest BCUT2D eigenvalue weighted by Crippen LogP contribution is -2.38. The van der Waals surface area contributed by atoms with Gasteiger partial charge >= 0.3 is 0 Å². The number of hydrogen-bond donors (Lipinski definition) is 2. The number of aromatic nitrogens is 1. The summed E-state index contributed by atoms with van der Waals surface area (Å²) in [5.74, 6) is 6.77. The number of nitrogens with one attached hydrogen (secondary N) is 1. The van der Waals surface area contributed by atoms with Gasteiger partial charge in [-0.1, -0.05) is 0 Å². The second-order valence-corrected chi connectivity index (χ2v) is 4.21. The maximum Gasteiger partial charge on any atom is 0.142 e. The summed E-state index contributed by atoms with van der Waals surface area (Å²) < 4.78 is 10.8. The second kappa shape index (κ2) is 5.95. The summed E-state index contributed by atoms with van der Waals surface area (Å²) in [4.78, 5) is 4.37. The van der Waals surface area contributed by atoms with Gasteiger partial charge in [-0.2, -0.15) is 0 Å². The Morgan fingerprint density at radius 1 is 1.65 bits per heavy atom. The fourth-order valence-corrected chi connectivity index (χ4v) is 2.28. The summed E-state index contributed by atoms with van der Waals surface area (Å²) >= 11 is 0. The zero-order chi connectivity index (χ0) is 12.1. The van der Waals surface area contributed by atoms with Crippen LogP contribution >= 0.6 is 0 Å². The first kappa shape index (κ1) is 12.3. The third-order valence-corrected chi connectivity index (χ3v) is 3.16. The van der Waals surface area contributed by atoms with Gasteiger partial charge in [-0.3, -0.25) is 16.3 Å². The van der Waals surface area contributed by atoms with Crippen molar-refractivity contribution >= 4 is 0 Å². The molecule has 1 aliphatic rings. The number of rotatable bonds is 4. The number of nitrogens with two attached hydrogens (primary N) is 1. The van der Waals surface area contributed by atoms with Crippen LogP contribution in [0.4, 0.5) is 0 Å². The highest BCUT2D eigenvalue weighted by Crippen LogP contribution is 2.31. The quantitative estimate of drug-likeness (QED) is 0.604. The normalized spacial score (nSPS) is 22.1. The van der Waals surface area contributed by atoms with Crippen LogP contribution in [0.2, 0.25) is 0 Å². The van der Waals surface area contributed by atoms with E-state index in [0.29, 0.717) is 12.5 Å². The van der Waals surface area contributed by atoms with Crippen LogP contribution in [-0.2, 0) is 4.74 Å². The van der Waals surface area contributed by atoms with Crippen molar-refractivity contribution in [3.05, 3.63) is 24.0 Å². The number of hydrogen-bond acceptors (Lipinski definition) is 5. The van der Waals surface area contributed by atoms with Gasteiger partial charge in [0.2, 0.25) is 0 Å². The molecule has 17 heavy (non-hydrogen) atoms. The molecule has 2 rings (SSSR count). The zero-order valence-corrected chi connectivity index (χ0v) is 10.1. The smallest absolute Gasteiger partial charge is 0.142 e. The number of ether oxygens (including phenoxy) is 2. The summed E-state index contributed by atoms with van der Waals surface area (Å²) in [7, 11) is 1.64. The molecule has 2 atom stereocenters. The Labute approximate surface area is 101 Å². The van der Waals surface area contributed by atoms with E-state index < -0.39 is 0 Å². The molecule has 1 fully saturated rings. The van der Waals surface area contributed by atoms with Crippen LogP contribution < -0.4 is 16.0 Å². The van der Waals surface area contributed by atoms with E-state index in [2.05, 4.69) is 10.4 Å². The average Bonchev–Trinajstić information content (AvgIpc) is 2.41. The molecule has 5 nitrogen and oxygen atoms in total. The molecule has 0 aromatic carbocycles. The standard InChI is InChI=1S/C12H19N3O2/c1-16-10-5-2-6-14-12(10)11(15-13)9-4-3-7-17-8-9/h2,5-6,9,11,15H,3-4,7-8,13H2,1H3. The van der Waals surface area contributed by atoms with Gasteiger partial charge < -0.3 is 9.47 Å². The summed E-state index contributed by atoms with van der Waals surface area (Å²) in [5.41, 5.74) is 3.69. The summed E-state index contributed by atoms with van der Waals surface area (Å²) in [5, 5.41) is 0. The minimum atomic E-state index is -0.0218. The van der Waals surface area contributed by atoms with E-state index in [9.17, 15) is 0 Å². The number of methoxy groups -OCH3 is 1. The second-order valence-electron chi connectivity index (χ2n) is 4.21. The molecule has 1 saturated heterocycles. The van der Waals surface area contributed by atoms with Crippen molar-refractivity contribution in [1.29, 1.82) is 0 Å². The molecular weight excluding hydrogens is 218 g/mol. The Morgan fingerprint density at radius 2 is 2.53 bits per heavy atom. The lowest BCUT2D eigenvalue weighted by molar-refractivity contribution is 0.0380. The van der Waals surface area contributed by atoms with Crippen LogP contribution in [-0.4, -0.2) is 25.3 Å². The lowest BCUT2D eigenvalue weighted by atomic mass is 9.91. The monoisotopic (exact) mass is 237 g/mol. The van der Waals surface area contributed by atoms with Crippen molar-refractivity contribution in [3.8, 4) is 5.75 Å². The molecule has 94 valence electrons. The Bertz CT molecular complexity index is 353.